The molecule has 3 heterocycles. The minimum absolute atomic E-state index is 0.0836. The summed E-state index contributed by atoms with van der Waals surface area (Å²) in [6, 6.07) is 21.9. The van der Waals surface area contributed by atoms with Gasteiger partial charge in [0.1, 0.15) is 0 Å². The number of nitrogens with one attached hydrogen (secondary N) is 2. The summed E-state index contributed by atoms with van der Waals surface area (Å²) in [5.74, 6) is -0.233. The Balaban J connectivity index is 1.63. The second kappa shape index (κ2) is 10.8. The van der Waals surface area contributed by atoms with Crippen molar-refractivity contribution in [2.45, 2.75) is 46.7 Å². The molecule has 2 aromatic heterocycles. The van der Waals surface area contributed by atoms with Crippen LogP contribution in [0.25, 0.3) is 5.69 Å². The van der Waals surface area contributed by atoms with Crippen LogP contribution in [0.3, 0.4) is 0 Å². The number of aromatic nitrogens is 2. The van der Waals surface area contributed by atoms with Crippen LogP contribution in [-0.2, 0) is 4.79 Å². The van der Waals surface area contributed by atoms with Crippen LogP contribution < -0.4 is 15.5 Å². The quantitative estimate of drug-likeness (QED) is 0.245. The molecule has 2 aromatic carbocycles. The van der Waals surface area contributed by atoms with Crippen molar-refractivity contribution in [3.05, 3.63) is 106 Å². The summed E-state index contributed by atoms with van der Waals surface area (Å²) in [5, 5.41) is 7.48. The minimum Gasteiger partial charge on any atom is -0.351 e. The van der Waals surface area contributed by atoms with Crippen LogP contribution in [0, 0.1) is 26.7 Å². The minimum atomic E-state index is -0.177. The van der Waals surface area contributed by atoms with E-state index in [0.29, 0.717) is 15.8 Å². The molecular formula is C31H32ClN5OS. The van der Waals surface area contributed by atoms with Gasteiger partial charge < -0.3 is 20.1 Å². The van der Waals surface area contributed by atoms with E-state index in [9.17, 15) is 4.79 Å². The number of halogens is 1. The van der Waals surface area contributed by atoms with Crippen molar-refractivity contribution < 1.29 is 4.79 Å². The average molecular weight is 558 g/mol. The Kier molecular flexibility index (Phi) is 7.47. The third kappa shape index (κ3) is 5.04. The second-order valence-electron chi connectivity index (χ2n) is 10.3. The normalized spacial score (nSPS) is 17.0. The van der Waals surface area contributed by atoms with Crippen molar-refractivity contribution in [3.63, 3.8) is 0 Å². The van der Waals surface area contributed by atoms with Crippen LogP contribution in [0.4, 0.5) is 11.4 Å². The van der Waals surface area contributed by atoms with Gasteiger partial charge >= 0.3 is 0 Å². The van der Waals surface area contributed by atoms with Gasteiger partial charge in [0.2, 0.25) is 5.91 Å². The molecule has 200 valence electrons. The number of hydrogen-bond acceptors (Lipinski definition) is 3. The first-order chi connectivity index (χ1) is 18.7. The lowest BCUT2D eigenvalue weighted by molar-refractivity contribution is -0.118. The number of carbonyl (C=O) groups excluding carboxylic acids is 1. The highest BCUT2D eigenvalue weighted by atomic mass is 35.5. The first kappa shape index (κ1) is 26.9. The summed E-state index contributed by atoms with van der Waals surface area (Å²) < 4.78 is 2.30. The van der Waals surface area contributed by atoms with E-state index in [4.69, 9.17) is 23.8 Å². The van der Waals surface area contributed by atoms with Crippen LogP contribution in [0.15, 0.2) is 72.9 Å². The molecule has 0 bridgehead atoms. The van der Waals surface area contributed by atoms with E-state index in [1.165, 1.54) is 5.56 Å². The van der Waals surface area contributed by atoms with E-state index < -0.39 is 0 Å². The summed E-state index contributed by atoms with van der Waals surface area (Å²) in [7, 11) is 0. The molecule has 2 N–H and O–H groups in total. The first-order valence-electron chi connectivity index (χ1n) is 13.0. The van der Waals surface area contributed by atoms with Gasteiger partial charge in [0, 0.05) is 34.9 Å². The zero-order valence-corrected chi connectivity index (χ0v) is 24.3. The molecule has 2 unspecified atom stereocenters. The Morgan fingerprint density at radius 1 is 1.05 bits per heavy atom. The Hall–Kier alpha value is -3.68. The summed E-state index contributed by atoms with van der Waals surface area (Å²) in [6.45, 7) is 10.1. The molecule has 0 saturated carbocycles. The number of thiocarbonyl (C=S) groups is 1. The van der Waals surface area contributed by atoms with Crippen LogP contribution in [0.1, 0.15) is 54.1 Å². The van der Waals surface area contributed by atoms with E-state index >= 15 is 0 Å². The van der Waals surface area contributed by atoms with E-state index in [1.807, 2.05) is 50.2 Å². The Bertz CT molecular complexity index is 1550. The van der Waals surface area contributed by atoms with Gasteiger partial charge in [-0.1, -0.05) is 49.7 Å². The summed E-state index contributed by atoms with van der Waals surface area (Å²) in [4.78, 5) is 19.1. The van der Waals surface area contributed by atoms with Gasteiger partial charge in [-0.3, -0.25) is 9.78 Å². The second-order valence-corrected chi connectivity index (χ2v) is 11.0. The maximum absolute atomic E-state index is 12.3. The van der Waals surface area contributed by atoms with Crippen LogP contribution in [-0.4, -0.2) is 20.6 Å². The molecule has 1 saturated heterocycles. The number of aryl methyl sites for hydroxylation is 2. The molecular weight excluding hydrogens is 526 g/mol. The summed E-state index contributed by atoms with van der Waals surface area (Å²) in [6.07, 6.45) is 1.81. The first-order valence-corrected chi connectivity index (χ1v) is 13.8. The highest BCUT2D eigenvalue weighted by molar-refractivity contribution is 7.80. The fourth-order valence-corrected chi connectivity index (χ4v) is 5.82. The predicted octanol–water partition coefficient (Wildman–Crippen LogP) is 7.22. The third-order valence-electron chi connectivity index (χ3n) is 7.26. The standard InChI is InChI=1S/C31H32ClN5OS/c1-18(2)30(38)34-25-14-13-22(17-24(25)32)37-29(28(35-31(37)39)26-11-8-9-15-33-26)23-16-20(4)36(21(23)5)27-12-7-6-10-19(27)3/h6-18,28-29H,1-5H3,(H,34,38)(H,35,39). The van der Waals surface area contributed by atoms with Gasteiger partial charge in [-0.2, -0.15) is 0 Å². The molecule has 4 aromatic rings. The van der Waals surface area contributed by atoms with Gasteiger partial charge in [-0.05, 0) is 86.6 Å². The van der Waals surface area contributed by atoms with Gasteiger partial charge in [0.05, 0.1) is 28.5 Å². The van der Waals surface area contributed by atoms with Crippen molar-refractivity contribution in [1.29, 1.82) is 0 Å². The molecule has 8 heteroatoms. The van der Waals surface area contributed by atoms with E-state index in [1.54, 1.807) is 6.20 Å². The van der Waals surface area contributed by atoms with Crippen molar-refractivity contribution in [2.24, 2.45) is 5.92 Å². The number of benzene rings is 2. The van der Waals surface area contributed by atoms with Crippen LogP contribution in [0.2, 0.25) is 5.02 Å². The summed E-state index contributed by atoms with van der Waals surface area (Å²) >= 11 is 12.6. The zero-order valence-electron chi connectivity index (χ0n) is 22.7. The molecule has 2 atom stereocenters. The lowest BCUT2D eigenvalue weighted by atomic mass is 9.96. The average Bonchev–Trinajstić information content (AvgIpc) is 3.41. The SMILES string of the molecule is Cc1ccccc1-n1c(C)cc(C2C(c3ccccn3)NC(=S)N2c2ccc(NC(=O)C(C)C)c(Cl)c2)c1C. The summed E-state index contributed by atoms with van der Waals surface area (Å²) in [5.41, 5.74) is 8.09. The number of para-hydroxylation sites is 1. The van der Waals surface area contributed by atoms with E-state index in [2.05, 4.69) is 76.2 Å². The number of nitrogens with zero attached hydrogens (tertiary/aromatic N) is 3. The van der Waals surface area contributed by atoms with Crippen molar-refractivity contribution in [2.75, 3.05) is 10.2 Å². The number of hydrogen-bond donors (Lipinski definition) is 2. The van der Waals surface area contributed by atoms with Crippen molar-refractivity contribution in [1.82, 2.24) is 14.9 Å². The maximum Gasteiger partial charge on any atom is 0.226 e. The van der Waals surface area contributed by atoms with E-state index in [0.717, 1.165) is 34.0 Å². The fraction of sp³-hybridized carbons (Fsp3) is 0.258. The number of carbonyl (C=O) groups is 1. The fourth-order valence-electron chi connectivity index (χ4n) is 5.25. The van der Waals surface area contributed by atoms with Crippen molar-refractivity contribution in [3.8, 4) is 5.69 Å². The lowest BCUT2D eigenvalue weighted by Crippen LogP contribution is -2.29. The molecule has 0 radical (unpaired) electrons. The molecule has 1 amide bonds. The Morgan fingerprint density at radius 3 is 2.46 bits per heavy atom. The van der Waals surface area contributed by atoms with Gasteiger partial charge in [-0.15, -0.1) is 0 Å². The number of anilines is 2. The third-order valence-corrected chi connectivity index (χ3v) is 7.88. The maximum atomic E-state index is 12.3. The zero-order chi connectivity index (χ0) is 27.8. The number of rotatable bonds is 6. The molecule has 1 aliphatic heterocycles. The molecule has 0 spiro atoms. The highest BCUT2D eigenvalue weighted by Crippen LogP contribution is 2.44. The molecule has 1 aliphatic rings. The molecule has 6 nitrogen and oxygen atoms in total. The monoisotopic (exact) mass is 557 g/mol. The molecule has 5 rings (SSSR count). The van der Waals surface area contributed by atoms with Crippen molar-refractivity contribution >= 4 is 46.2 Å². The van der Waals surface area contributed by atoms with Gasteiger partial charge in [-0.25, -0.2) is 0 Å². The van der Waals surface area contributed by atoms with Crippen LogP contribution >= 0.6 is 23.8 Å². The van der Waals surface area contributed by atoms with E-state index in [-0.39, 0.29) is 23.9 Å². The smallest absolute Gasteiger partial charge is 0.226 e. The van der Waals surface area contributed by atoms with Gasteiger partial charge in [0.15, 0.2) is 5.11 Å². The molecule has 1 fully saturated rings. The Labute approximate surface area is 240 Å². The van der Waals surface area contributed by atoms with Gasteiger partial charge in [0.25, 0.3) is 0 Å². The predicted molar refractivity (Wildman–Crippen MR) is 163 cm³/mol. The topological polar surface area (TPSA) is 62.2 Å². The number of amides is 1. The highest BCUT2D eigenvalue weighted by Gasteiger charge is 2.42. The molecule has 39 heavy (non-hydrogen) atoms. The molecule has 0 aliphatic carbocycles. The van der Waals surface area contributed by atoms with Crippen LogP contribution in [0.5, 0.6) is 0 Å². The lowest BCUT2D eigenvalue weighted by Gasteiger charge is -2.28. The largest absolute Gasteiger partial charge is 0.351 e. The Morgan fingerprint density at radius 2 is 1.79 bits per heavy atom. The number of pyridine rings is 1.